The first-order valence-corrected chi connectivity index (χ1v) is 11.8. The molecule has 1 saturated heterocycles. The number of sulfonamides is 2. The highest BCUT2D eigenvalue weighted by Crippen LogP contribution is 2.25. The molecule has 0 bridgehead atoms. The topological polar surface area (TPSA) is 107 Å². The standard InChI is InChI=1S/C18H18ClN3O4S2/c19-18-12-17(7-6-14(18)13-20)28(25,26)22-10-8-15(9-11-22)21-27(23,24)16-4-2-1-3-5-16/h1-7,12,15,21H,8-11H2. The molecule has 0 spiro atoms. The normalized spacial score (nSPS) is 16.6. The van der Waals surface area contributed by atoms with Gasteiger partial charge in [0.2, 0.25) is 20.0 Å². The molecular formula is C18H18ClN3O4S2. The second kappa shape index (κ2) is 8.19. The molecule has 0 atom stereocenters. The molecule has 1 aliphatic rings. The minimum atomic E-state index is -3.77. The number of nitrogens with zero attached hydrogens (tertiary/aromatic N) is 2. The summed E-state index contributed by atoms with van der Waals surface area (Å²) >= 11 is 5.95. The molecule has 10 heteroatoms. The number of hydrogen-bond donors (Lipinski definition) is 1. The molecule has 0 saturated carbocycles. The molecule has 1 heterocycles. The zero-order valence-corrected chi connectivity index (χ0v) is 17.1. The van der Waals surface area contributed by atoms with Crippen LogP contribution in [0.3, 0.4) is 0 Å². The van der Waals surface area contributed by atoms with Crippen LogP contribution >= 0.6 is 11.6 Å². The Labute approximate surface area is 169 Å². The number of halogens is 1. The van der Waals surface area contributed by atoms with Crippen LogP contribution in [0.1, 0.15) is 18.4 Å². The van der Waals surface area contributed by atoms with Gasteiger partial charge in [0, 0.05) is 19.1 Å². The van der Waals surface area contributed by atoms with E-state index < -0.39 is 20.0 Å². The van der Waals surface area contributed by atoms with Crippen molar-refractivity contribution in [2.24, 2.45) is 0 Å². The Morgan fingerprint density at radius 1 is 1.00 bits per heavy atom. The van der Waals surface area contributed by atoms with Crippen molar-refractivity contribution in [3.63, 3.8) is 0 Å². The van der Waals surface area contributed by atoms with Gasteiger partial charge < -0.3 is 0 Å². The molecular weight excluding hydrogens is 422 g/mol. The predicted octanol–water partition coefficient (Wildman–Crippen LogP) is 2.34. The Morgan fingerprint density at radius 3 is 2.21 bits per heavy atom. The molecule has 0 aromatic heterocycles. The van der Waals surface area contributed by atoms with Crippen LogP contribution in [-0.2, 0) is 20.0 Å². The first kappa shape index (κ1) is 20.8. The molecule has 3 rings (SSSR count). The van der Waals surface area contributed by atoms with Crippen LogP contribution in [0.5, 0.6) is 0 Å². The van der Waals surface area contributed by atoms with Crippen molar-refractivity contribution in [2.45, 2.75) is 28.7 Å². The summed E-state index contributed by atoms with van der Waals surface area (Å²) < 4.78 is 54.4. The van der Waals surface area contributed by atoms with Gasteiger partial charge in [-0.1, -0.05) is 29.8 Å². The smallest absolute Gasteiger partial charge is 0.208 e. The van der Waals surface area contributed by atoms with Gasteiger partial charge in [-0.2, -0.15) is 9.57 Å². The van der Waals surface area contributed by atoms with Crippen LogP contribution in [0.15, 0.2) is 58.3 Å². The maximum absolute atomic E-state index is 12.8. The summed E-state index contributed by atoms with van der Waals surface area (Å²) in [5.74, 6) is 0. The van der Waals surface area contributed by atoms with E-state index in [1.807, 2.05) is 6.07 Å². The highest BCUT2D eigenvalue weighted by Gasteiger charge is 2.31. The monoisotopic (exact) mass is 439 g/mol. The number of rotatable bonds is 5. The highest BCUT2D eigenvalue weighted by atomic mass is 35.5. The Balaban J connectivity index is 1.68. The van der Waals surface area contributed by atoms with E-state index in [0.29, 0.717) is 12.8 Å². The first-order chi connectivity index (χ1) is 13.2. The number of piperidine rings is 1. The molecule has 2 aromatic carbocycles. The quantitative estimate of drug-likeness (QED) is 0.769. The first-order valence-electron chi connectivity index (χ1n) is 8.51. The van der Waals surface area contributed by atoms with Crippen molar-refractivity contribution >= 4 is 31.6 Å². The Morgan fingerprint density at radius 2 is 1.64 bits per heavy atom. The summed E-state index contributed by atoms with van der Waals surface area (Å²) in [6, 6.07) is 13.6. The van der Waals surface area contributed by atoms with E-state index in [4.69, 9.17) is 16.9 Å². The summed E-state index contributed by atoms with van der Waals surface area (Å²) in [4.78, 5) is 0.192. The number of benzene rings is 2. The van der Waals surface area contributed by atoms with E-state index >= 15 is 0 Å². The molecule has 0 unspecified atom stereocenters. The minimum absolute atomic E-state index is 0.0137. The zero-order valence-electron chi connectivity index (χ0n) is 14.7. The minimum Gasteiger partial charge on any atom is -0.208 e. The third kappa shape index (κ3) is 4.37. The van der Waals surface area contributed by atoms with Crippen molar-refractivity contribution in [3.8, 4) is 6.07 Å². The lowest BCUT2D eigenvalue weighted by Gasteiger charge is -2.31. The zero-order chi connectivity index (χ0) is 20.4. The van der Waals surface area contributed by atoms with E-state index in [-0.39, 0.29) is 39.5 Å². The van der Waals surface area contributed by atoms with Gasteiger partial charge in [-0.3, -0.25) is 0 Å². The summed E-state index contributed by atoms with van der Waals surface area (Å²) in [6.45, 7) is 0.365. The molecule has 148 valence electrons. The molecule has 1 aliphatic heterocycles. The van der Waals surface area contributed by atoms with Gasteiger partial charge in [0.05, 0.1) is 20.4 Å². The molecule has 7 nitrogen and oxygen atoms in total. The van der Waals surface area contributed by atoms with Crippen molar-refractivity contribution in [1.29, 1.82) is 5.26 Å². The Bertz CT molecular complexity index is 1110. The van der Waals surface area contributed by atoms with Gasteiger partial charge in [-0.25, -0.2) is 21.6 Å². The van der Waals surface area contributed by atoms with Crippen LogP contribution in [-0.4, -0.2) is 40.3 Å². The largest absolute Gasteiger partial charge is 0.243 e. The average Bonchev–Trinajstić information content (AvgIpc) is 2.68. The highest BCUT2D eigenvalue weighted by molar-refractivity contribution is 7.89. The number of hydrogen-bond acceptors (Lipinski definition) is 5. The fourth-order valence-electron chi connectivity index (χ4n) is 3.00. The van der Waals surface area contributed by atoms with Crippen molar-refractivity contribution < 1.29 is 16.8 Å². The van der Waals surface area contributed by atoms with Crippen molar-refractivity contribution in [3.05, 3.63) is 59.1 Å². The van der Waals surface area contributed by atoms with Crippen LogP contribution in [0.25, 0.3) is 0 Å². The molecule has 28 heavy (non-hydrogen) atoms. The van der Waals surface area contributed by atoms with Gasteiger partial charge in [0.25, 0.3) is 0 Å². The third-order valence-electron chi connectivity index (χ3n) is 4.53. The van der Waals surface area contributed by atoms with Crippen LogP contribution in [0.2, 0.25) is 5.02 Å². The predicted molar refractivity (Wildman–Crippen MR) is 105 cm³/mol. The molecule has 2 aromatic rings. The van der Waals surface area contributed by atoms with E-state index in [1.165, 1.54) is 34.6 Å². The second-order valence-electron chi connectivity index (χ2n) is 6.37. The lowest BCUT2D eigenvalue weighted by molar-refractivity contribution is 0.308. The lowest BCUT2D eigenvalue weighted by Crippen LogP contribution is -2.46. The summed E-state index contributed by atoms with van der Waals surface area (Å²) in [6.07, 6.45) is 0.713. The van der Waals surface area contributed by atoms with E-state index in [9.17, 15) is 16.8 Å². The van der Waals surface area contributed by atoms with Gasteiger partial charge in [0.1, 0.15) is 6.07 Å². The van der Waals surface area contributed by atoms with Gasteiger partial charge in [-0.05, 0) is 43.2 Å². The summed E-state index contributed by atoms with van der Waals surface area (Å²) in [5, 5.41) is 8.99. The van der Waals surface area contributed by atoms with Gasteiger partial charge >= 0.3 is 0 Å². The molecule has 1 N–H and O–H groups in total. The summed E-state index contributed by atoms with van der Waals surface area (Å²) in [7, 11) is -7.41. The van der Waals surface area contributed by atoms with Gasteiger partial charge in [0.15, 0.2) is 0 Å². The average molecular weight is 440 g/mol. The second-order valence-corrected chi connectivity index (χ2v) is 10.4. The van der Waals surface area contributed by atoms with Crippen molar-refractivity contribution in [1.82, 2.24) is 9.03 Å². The maximum Gasteiger partial charge on any atom is 0.243 e. The molecule has 0 radical (unpaired) electrons. The van der Waals surface area contributed by atoms with Crippen molar-refractivity contribution in [2.75, 3.05) is 13.1 Å². The van der Waals surface area contributed by atoms with E-state index in [1.54, 1.807) is 18.2 Å². The molecule has 1 fully saturated rings. The maximum atomic E-state index is 12.8. The fourth-order valence-corrected chi connectivity index (χ4v) is 6.11. The van der Waals surface area contributed by atoms with E-state index in [0.717, 1.165) is 0 Å². The van der Waals surface area contributed by atoms with Crippen LogP contribution < -0.4 is 4.72 Å². The fraction of sp³-hybridized carbons (Fsp3) is 0.278. The van der Waals surface area contributed by atoms with Crippen LogP contribution in [0, 0.1) is 11.3 Å². The Hall–Kier alpha value is -1.96. The Kier molecular flexibility index (Phi) is 6.07. The van der Waals surface area contributed by atoms with Gasteiger partial charge in [-0.15, -0.1) is 0 Å². The van der Waals surface area contributed by atoms with Crippen LogP contribution in [0.4, 0.5) is 0 Å². The molecule has 0 amide bonds. The third-order valence-corrected chi connectivity index (χ3v) is 8.27. The number of nitriles is 1. The lowest BCUT2D eigenvalue weighted by atomic mass is 10.1. The van der Waals surface area contributed by atoms with E-state index in [2.05, 4.69) is 4.72 Å². The SMILES string of the molecule is N#Cc1ccc(S(=O)(=O)N2CCC(NS(=O)(=O)c3ccccc3)CC2)cc1Cl. The molecule has 0 aliphatic carbocycles. The summed E-state index contributed by atoms with van der Waals surface area (Å²) in [5.41, 5.74) is 0.203. The number of nitrogens with one attached hydrogen (secondary N) is 1.